The monoisotopic (exact) mass is 227 g/mol. The molecule has 4 heteroatoms. The molecule has 1 rings (SSSR count). The van der Waals surface area contributed by atoms with Crippen LogP contribution < -0.4 is 10.6 Å². The van der Waals surface area contributed by atoms with Gasteiger partial charge in [-0.15, -0.1) is 0 Å². The molecule has 1 heterocycles. The largest absolute Gasteiger partial charge is 0.354 e. The highest BCUT2D eigenvalue weighted by atomic mass is 16.2. The molecule has 1 saturated heterocycles. The lowest BCUT2D eigenvalue weighted by atomic mass is 9.82. The van der Waals surface area contributed by atoms with Gasteiger partial charge in [0.2, 0.25) is 5.91 Å². The van der Waals surface area contributed by atoms with Crippen LogP contribution >= 0.6 is 0 Å². The first kappa shape index (κ1) is 13.5. The predicted octanol–water partition coefficient (Wildman–Crippen LogP) is 0.444. The lowest BCUT2D eigenvalue weighted by Crippen LogP contribution is -2.49. The normalized spacial score (nSPS) is 25.8. The Kier molecular flexibility index (Phi) is 5.22. The van der Waals surface area contributed by atoms with Crippen LogP contribution in [0.2, 0.25) is 0 Å². The van der Waals surface area contributed by atoms with Crippen molar-refractivity contribution in [2.75, 3.05) is 39.8 Å². The highest BCUT2D eigenvalue weighted by molar-refractivity contribution is 5.82. The maximum atomic E-state index is 12.0. The number of nitrogens with zero attached hydrogens (tertiary/aromatic N) is 1. The van der Waals surface area contributed by atoms with Crippen LogP contribution in [-0.4, -0.2) is 50.6 Å². The second-order valence-corrected chi connectivity index (χ2v) is 4.99. The van der Waals surface area contributed by atoms with Gasteiger partial charge in [-0.3, -0.25) is 4.79 Å². The van der Waals surface area contributed by atoms with Gasteiger partial charge in [-0.25, -0.2) is 0 Å². The van der Waals surface area contributed by atoms with Crippen LogP contribution in [0.5, 0.6) is 0 Å². The molecular weight excluding hydrogens is 202 g/mol. The first-order valence-electron chi connectivity index (χ1n) is 6.26. The molecular formula is C12H25N3O. The second kappa shape index (κ2) is 6.21. The number of likely N-dealkylation sites (N-methyl/N-ethyl adjacent to an activating group) is 1. The van der Waals surface area contributed by atoms with Crippen LogP contribution in [-0.2, 0) is 4.79 Å². The number of hydrogen-bond donors (Lipinski definition) is 2. The zero-order valence-electron chi connectivity index (χ0n) is 10.8. The Morgan fingerprint density at radius 3 is 2.88 bits per heavy atom. The predicted molar refractivity (Wildman–Crippen MR) is 66.4 cm³/mol. The summed E-state index contributed by atoms with van der Waals surface area (Å²) in [4.78, 5) is 14.2. The van der Waals surface area contributed by atoms with Crippen LogP contribution in [0.1, 0.15) is 26.7 Å². The third kappa shape index (κ3) is 3.76. The van der Waals surface area contributed by atoms with Gasteiger partial charge in [0.05, 0.1) is 5.41 Å². The van der Waals surface area contributed by atoms with Crippen LogP contribution in [0.4, 0.5) is 0 Å². The van der Waals surface area contributed by atoms with Crippen LogP contribution in [0.15, 0.2) is 0 Å². The molecule has 0 spiro atoms. The van der Waals surface area contributed by atoms with Gasteiger partial charge < -0.3 is 15.5 Å². The summed E-state index contributed by atoms with van der Waals surface area (Å²) in [6.07, 6.45) is 2.09. The SMILES string of the molecule is CCN(C)CCNC(=O)C1(C)CCCNC1. The van der Waals surface area contributed by atoms with Crippen molar-refractivity contribution in [1.29, 1.82) is 0 Å². The van der Waals surface area contributed by atoms with E-state index in [1.165, 1.54) is 0 Å². The lowest BCUT2D eigenvalue weighted by molar-refractivity contribution is -0.131. The zero-order chi connectivity index (χ0) is 12.0. The number of amides is 1. The highest BCUT2D eigenvalue weighted by Gasteiger charge is 2.34. The average Bonchev–Trinajstić information content (AvgIpc) is 2.29. The van der Waals surface area contributed by atoms with Crippen molar-refractivity contribution in [3.05, 3.63) is 0 Å². The molecule has 1 aliphatic rings. The van der Waals surface area contributed by atoms with Gasteiger partial charge in [0.15, 0.2) is 0 Å². The smallest absolute Gasteiger partial charge is 0.227 e. The zero-order valence-corrected chi connectivity index (χ0v) is 10.8. The van der Waals surface area contributed by atoms with E-state index in [9.17, 15) is 4.79 Å². The van der Waals surface area contributed by atoms with Gasteiger partial charge >= 0.3 is 0 Å². The molecule has 16 heavy (non-hydrogen) atoms. The molecule has 0 aromatic heterocycles. The molecule has 1 amide bonds. The van der Waals surface area contributed by atoms with E-state index in [2.05, 4.69) is 36.4 Å². The number of rotatable bonds is 5. The molecule has 94 valence electrons. The summed E-state index contributed by atoms with van der Waals surface area (Å²) in [5.41, 5.74) is -0.205. The van der Waals surface area contributed by atoms with E-state index in [0.717, 1.165) is 45.6 Å². The topological polar surface area (TPSA) is 44.4 Å². The number of nitrogens with one attached hydrogen (secondary N) is 2. The van der Waals surface area contributed by atoms with Crippen molar-refractivity contribution >= 4 is 5.91 Å². The molecule has 1 unspecified atom stereocenters. The molecule has 1 fully saturated rings. The van der Waals surface area contributed by atoms with Crippen LogP contribution in [0.3, 0.4) is 0 Å². The molecule has 1 aliphatic heterocycles. The lowest BCUT2D eigenvalue weighted by Gasteiger charge is -2.32. The van der Waals surface area contributed by atoms with E-state index in [1.807, 2.05) is 0 Å². The van der Waals surface area contributed by atoms with E-state index in [-0.39, 0.29) is 11.3 Å². The maximum Gasteiger partial charge on any atom is 0.227 e. The number of piperidine rings is 1. The summed E-state index contributed by atoms with van der Waals surface area (Å²) in [6.45, 7) is 8.72. The quantitative estimate of drug-likeness (QED) is 0.716. The molecule has 2 N–H and O–H groups in total. The standard InChI is InChI=1S/C12H25N3O/c1-4-15(3)9-8-14-11(16)12(2)6-5-7-13-10-12/h13H,4-10H2,1-3H3,(H,14,16). The van der Waals surface area contributed by atoms with Gasteiger partial charge in [0, 0.05) is 19.6 Å². The van der Waals surface area contributed by atoms with Gasteiger partial charge in [-0.05, 0) is 39.9 Å². The molecule has 0 bridgehead atoms. The summed E-state index contributed by atoms with van der Waals surface area (Å²) in [5, 5.41) is 6.33. The minimum atomic E-state index is -0.205. The Hall–Kier alpha value is -0.610. The number of hydrogen-bond acceptors (Lipinski definition) is 3. The van der Waals surface area contributed by atoms with Crippen molar-refractivity contribution in [2.45, 2.75) is 26.7 Å². The van der Waals surface area contributed by atoms with E-state index in [4.69, 9.17) is 0 Å². The van der Waals surface area contributed by atoms with Gasteiger partial charge in [-0.1, -0.05) is 6.92 Å². The van der Waals surface area contributed by atoms with E-state index in [1.54, 1.807) is 0 Å². The van der Waals surface area contributed by atoms with Crippen LogP contribution in [0.25, 0.3) is 0 Å². The van der Waals surface area contributed by atoms with Crippen molar-refractivity contribution in [3.63, 3.8) is 0 Å². The minimum Gasteiger partial charge on any atom is -0.354 e. The van der Waals surface area contributed by atoms with E-state index < -0.39 is 0 Å². The Balaban J connectivity index is 2.28. The third-order valence-electron chi connectivity index (χ3n) is 3.46. The van der Waals surface area contributed by atoms with E-state index >= 15 is 0 Å². The van der Waals surface area contributed by atoms with Crippen molar-refractivity contribution in [2.24, 2.45) is 5.41 Å². The van der Waals surface area contributed by atoms with Crippen molar-refractivity contribution < 1.29 is 4.79 Å². The molecule has 0 radical (unpaired) electrons. The fourth-order valence-corrected chi connectivity index (χ4v) is 1.98. The summed E-state index contributed by atoms with van der Waals surface area (Å²) >= 11 is 0. The Morgan fingerprint density at radius 1 is 1.56 bits per heavy atom. The highest BCUT2D eigenvalue weighted by Crippen LogP contribution is 2.25. The molecule has 0 saturated carbocycles. The molecule has 0 aromatic rings. The fourth-order valence-electron chi connectivity index (χ4n) is 1.98. The third-order valence-corrected chi connectivity index (χ3v) is 3.46. The number of carbonyl (C=O) groups is 1. The summed E-state index contributed by atoms with van der Waals surface area (Å²) in [7, 11) is 2.07. The van der Waals surface area contributed by atoms with Gasteiger partial charge in [-0.2, -0.15) is 0 Å². The average molecular weight is 227 g/mol. The molecule has 4 nitrogen and oxygen atoms in total. The first-order chi connectivity index (χ1) is 7.58. The molecule has 0 aromatic carbocycles. The fraction of sp³-hybridized carbons (Fsp3) is 0.917. The maximum absolute atomic E-state index is 12.0. The summed E-state index contributed by atoms with van der Waals surface area (Å²) in [5.74, 6) is 0.198. The molecule has 0 aliphatic carbocycles. The van der Waals surface area contributed by atoms with Crippen molar-refractivity contribution in [1.82, 2.24) is 15.5 Å². The van der Waals surface area contributed by atoms with Gasteiger partial charge in [0.1, 0.15) is 0 Å². The number of carbonyl (C=O) groups excluding carboxylic acids is 1. The summed E-state index contributed by atoms with van der Waals surface area (Å²) in [6, 6.07) is 0. The van der Waals surface area contributed by atoms with Crippen LogP contribution in [0, 0.1) is 5.41 Å². The first-order valence-corrected chi connectivity index (χ1v) is 6.26. The Morgan fingerprint density at radius 2 is 2.31 bits per heavy atom. The second-order valence-electron chi connectivity index (χ2n) is 4.99. The minimum absolute atomic E-state index is 0.198. The summed E-state index contributed by atoms with van der Waals surface area (Å²) < 4.78 is 0. The van der Waals surface area contributed by atoms with Crippen molar-refractivity contribution in [3.8, 4) is 0 Å². The molecule has 1 atom stereocenters. The van der Waals surface area contributed by atoms with Gasteiger partial charge in [0.25, 0.3) is 0 Å². The van der Waals surface area contributed by atoms with E-state index in [0.29, 0.717) is 0 Å². The Bertz CT molecular complexity index is 224. The Labute approximate surface area is 98.8 Å².